The Bertz CT molecular complexity index is 382. The first-order chi connectivity index (χ1) is 7.54. The van der Waals surface area contributed by atoms with Crippen molar-refractivity contribution in [2.75, 3.05) is 6.54 Å². The van der Waals surface area contributed by atoms with Crippen LogP contribution in [0.5, 0.6) is 5.75 Å². The second-order valence-corrected chi connectivity index (χ2v) is 3.89. The number of hydrogen-bond acceptors (Lipinski definition) is 3. The Morgan fingerprint density at radius 3 is 2.81 bits per heavy atom. The number of carbonyl (C=O) groups is 1. The predicted octanol–water partition coefficient (Wildman–Crippen LogP) is 1.09. The van der Waals surface area contributed by atoms with Crippen molar-refractivity contribution in [3.05, 3.63) is 28.8 Å². The molecule has 1 rings (SSSR count). The number of rotatable bonds is 5. The van der Waals surface area contributed by atoms with Gasteiger partial charge in [-0.25, -0.2) is 0 Å². The highest BCUT2D eigenvalue weighted by Gasteiger charge is 2.12. The Morgan fingerprint density at radius 2 is 2.25 bits per heavy atom. The number of ether oxygens (including phenoxy) is 1. The molecule has 4 N–H and O–H groups in total. The summed E-state index contributed by atoms with van der Waals surface area (Å²) in [5.74, 6) is 0.0924. The van der Waals surface area contributed by atoms with Gasteiger partial charge in [-0.2, -0.15) is 0 Å². The predicted molar refractivity (Wildman–Crippen MR) is 63.5 cm³/mol. The minimum absolute atomic E-state index is 0.488. The lowest BCUT2D eigenvalue weighted by atomic mass is 10.1. The lowest BCUT2D eigenvalue weighted by molar-refractivity contribution is -0.123. The standard InChI is InChI=1S/C11H15ClN2O2/c1-7(11(14)15)16-10-3-2-9(12)6-8(10)4-5-13/h2-3,6-7H,4-5,13H2,1H3,(H2,14,15). The van der Waals surface area contributed by atoms with E-state index < -0.39 is 12.0 Å². The molecule has 0 fully saturated rings. The van der Waals surface area contributed by atoms with Crippen molar-refractivity contribution in [1.82, 2.24) is 0 Å². The van der Waals surface area contributed by atoms with E-state index in [1.807, 2.05) is 0 Å². The summed E-state index contributed by atoms with van der Waals surface area (Å²) in [6, 6.07) is 5.19. The zero-order valence-electron chi connectivity index (χ0n) is 9.07. The summed E-state index contributed by atoms with van der Waals surface area (Å²) in [6.45, 7) is 2.09. The quantitative estimate of drug-likeness (QED) is 0.812. The van der Waals surface area contributed by atoms with Crippen molar-refractivity contribution in [2.45, 2.75) is 19.4 Å². The Hall–Kier alpha value is -1.26. The van der Waals surface area contributed by atoms with Gasteiger partial charge in [-0.3, -0.25) is 4.79 Å². The molecule has 0 aliphatic carbocycles. The molecule has 1 aromatic carbocycles. The van der Waals surface area contributed by atoms with E-state index in [-0.39, 0.29) is 0 Å². The van der Waals surface area contributed by atoms with Gasteiger partial charge in [-0.15, -0.1) is 0 Å². The van der Waals surface area contributed by atoms with E-state index in [9.17, 15) is 4.79 Å². The van der Waals surface area contributed by atoms with Crippen LogP contribution in [0.1, 0.15) is 12.5 Å². The molecule has 1 amide bonds. The molecule has 1 atom stereocenters. The number of carbonyl (C=O) groups excluding carboxylic acids is 1. The average Bonchev–Trinajstić information content (AvgIpc) is 2.22. The van der Waals surface area contributed by atoms with Crippen molar-refractivity contribution in [3.63, 3.8) is 0 Å². The van der Waals surface area contributed by atoms with Crippen molar-refractivity contribution >= 4 is 17.5 Å². The first-order valence-electron chi connectivity index (χ1n) is 4.99. The molecule has 0 heterocycles. The smallest absolute Gasteiger partial charge is 0.258 e. The maximum atomic E-state index is 10.9. The lowest BCUT2D eigenvalue weighted by Crippen LogP contribution is -2.31. The second-order valence-electron chi connectivity index (χ2n) is 3.45. The van der Waals surface area contributed by atoms with Gasteiger partial charge < -0.3 is 16.2 Å². The fourth-order valence-electron chi connectivity index (χ4n) is 1.26. The summed E-state index contributed by atoms with van der Waals surface area (Å²) < 4.78 is 5.43. The van der Waals surface area contributed by atoms with Crippen LogP contribution in [0.15, 0.2) is 18.2 Å². The van der Waals surface area contributed by atoms with E-state index >= 15 is 0 Å². The van der Waals surface area contributed by atoms with Gasteiger partial charge >= 0.3 is 0 Å². The zero-order valence-corrected chi connectivity index (χ0v) is 9.83. The van der Waals surface area contributed by atoms with E-state index in [4.69, 9.17) is 27.8 Å². The van der Waals surface area contributed by atoms with Gasteiger partial charge in [0.05, 0.1) is 0 Å². The molecule has 0 aromatic heterocycles. The highest BCUT2D eigenvalue weighted by molar-refractivity contribution is 6.30. The summed E-state index contributed by atoms with van der Waals surface area (Å²) in [6.07, 6.45) is -0.0285. The molecular formula is C11H15ClN2O2. The number of amides is 1. The first kappa shape index (κ1) is 12.8. The van der Waals surface area contributed by atoms with Gasteiger partial charge in [0.1, 0.15) is 5.75 Å². The summed E-state index contributed by atoms with van der Waals surface area (Å²) in [5, 5.41) is 0.613. The maximum Gasteiger partial charge on any atom is 0.258 e. The molecule has 0 radical (unpaired) electrons. The van der Waals surface area contributed by atoms with E-state index in [0.29, 0.717) is 23.7 Å². The molecule has 4 nitrogen and oxygen atoms in total. The van der Waals surface area contributed by atoms with E-state index in [2.05, 4.69) is 0 Å². The number of hydrogen-bond donors (Lipinski definition) is 2. The Labute approximate surface area is 99.5 Å². The number of nitrogens with two attached hydrogens (primary N) is 2. The molecule has 0 saturated carbocycles. The minimum Gasteiger partial charge on any atom is -0.481 e. The van der Waals surface area contributed by atoms with Crippen molar-refractivity contribution < 1.29 is 9.53 Å². The van der Waals surface area contributed by atoms with Gasteiger partial charge in [0.15, 0.2) is 6.10 Å². The molecule has 0 spiro atoms. The fourth-order valence-corrected chi connectivity index (χ4v) is 1.46. The molecule has 5 heteroatoms. The Morgan fingerprint density at radius 1 is 1.56 bits per heavy atom. The van der Waals surface area contributed by atoms with Crippen LogP contribution >= 0.6 is 11.6 Å². The first-order valence-corrected chi connectivity index (χ1v) is 5.37. The monoisotopic (exact) mass is 242 g/mol. The van der Waals surface area contributed by atoms with Gasteiger partial charge in [-0.1, -0.05) is 11.6 Å². The van der Waals surface area contributed by atoms with Crippen LogP contribution in [0.25, 0.3) is 0 Å². The van der Waals surface area contributed by atoms with E-state index in [1.54, 1.807) is 25.1 Å². The lowest BCUT2D eigenvalue weighted by Gasteiger charge is -2.15. The number of primary amides is 1. The molecule has 88 valence electrons. The molecule has 1 unspecified atom stereocenters. The summed E-state index contributed by atoms with van der Waals surface area (Å²) in [7, 11) is 0. The highest BCUT2D eigenvalue weighted by Crippen LogP contribution is 2.24. The number of benzene rings is 1. The summed E-state index contributed by atoms with van der Waals surface area (Å²) in [4.78, 5) is 10.9. The topological polar surface area (TPSA) is 78.3 Å². The van der Waals surface area contributed by atoms with Crippen molar-refractivity contribution in [3.8, 4) is 5.75 Å². The average molecular weight is 243 g/mol. The molecule has 16 heavy (non-hydrogen) atoms. The van der Waals surface area contributed by atoms with E-state index in [1.165, 1.54) is 0 Å². The minimum atomic E-state index is -0.669. The van der Waals surface area contributed by atoms with Gasteiger partial charge in [0.2, 0.25) is 0 Å². The third kappa shape index (κ3) is 3.40. The Balaban J connectivity index is 2.89. The molecular weight excluding hydrogens is 228 g/mol. The van der Waals surface area contributed by atoms with Gasteiger partial charge in [-0.05, 0) is 43.7 Å². The number of halogens is 1. The molecule has 0 bridgehead atoms. The largest absolute Gasteiger partial charge is 0.481 e. The molecule has 0 saturated heterocycles. The van der Waals surface area contributed by atoms with Crippen LogP contribution in [0, 0.1) is 0 Å². The third-order valence-electron chi connectivity index (χ3n) is 2.14. The zero-order chi connectivity index (χ0) is 12.1. The molecule has 0 aliphatic heterocycles. The van der Waals surface area contributed by atoms with Crippen LogP contribution in [0.4, 0.5) is 0 Å². The van der Waals surface area contributed by atoms with E-state index in [0.717, 1.165) is 5.56 Å². The van der Waals surface area contributed by atoms with Crippen LogP contribution < -0.4 is 16.2 Å². The molecule has 0 aliphatic rings. The van der Waals surface area contributed by atoms with Crippen molar-refractivity contribution in [1.29, 1.82) is 0 Å². The van der Waals surface area contributed by atoms with Crippen LogP contribution in [0.2, 0.25) is 5.02 Å². The molecule has 1 aromatic rings. The van der Waals surface area contributed by atoms with Gasteiger partial charge in [0, 0.05) is 5.02 Å². The van der Waals surface area contributed by atoms with Crippen molar-refractivity contribution in [2.24, 2.45) is 11.5 Å². The SMILES string of the molecule is CC(Oc1ccc(Cl)cc1CCN)C(N)=O. The summed E-state index contributed by atoms with van der Waals surface area (Å²) in [5.41, 5.74) is 11.5. The second kappa shape index (κ2) is 5.72. The normalized spacial score (nSPS) is 12.2. The van der Waals surface area contributed by atoms with Gasteiger partial charge in [0.25, 0.3) is 5.91 Å². The maximum absolute atomic E-state index is 10.9. The van der Waals surface area contributed by atoms with Crippen LogP contribution in [-0.4, -0.2) is 18.6 Å². The Kier molecular flexibility index (Phi) is 4.58. The third-order valence-corrected chi connectivity index (χ3v) is 2.38. The fraction of sp³-hybridized carbons (Fsp3) is 0.364. The summed E-state index contributed by atoms with van der Waals surface area (Å²) >= 11 is 5.86. The van der Waals surface area contributed by atoms with Crippen LogP contribution in [0.3, 0.4) is 0 Å². The van der Waals surface area contributed by atoms with Crippen LogP contribution in [-0.2, 0) is 11.2 Å². The highest BCUT2D eigenvalue weighted by atomic mass is 35.5.